The molecule has 3 aromatic rings. The van der Waals surface area contributed by atoms with Crippen LogP contribution in [0, 0.1) is 5.92 Å². The van der Waals surface area contributed by atoms with Gasteiger partial charge in [0.25, 0.3) is 0 Å². The van der Waals surface area contributed by atoms with E-state index in [0.717, 1.165) is 59.0 Å². The number of alkyl halides is 1. The van der Waals surface area contributed by atoms with E-state index in [0.29, 0.717) is 12.4 Å². The van der Waals surface area contributed by atoms with Gasteiger partial charge in [-0.2, -0.15) is 0 Å². The summed E-state index contributed by atoms with van der Waals surface area (Å²) >= 11 is 0. The van der Waals surface area contributed by atoms with Crippen molar-refractivity contribution in [3.8, 4) is 23.0 Å². The Labute approximate surface area is 205 Å². The fourth-order valence-electron chi connectivity index (χ4n) is 4.81. The molecule has 35 heavy (non-hydrogen) atoms. The van der Waals surface area contributed by atoms with Crippen LogP contribution in [-0.4, -0.2) is 50.0 Å². The number of fused-ring (bicyclic) bond motifs is 1. The number of hydrogen-bond donors (Lipinski definition) is 1. The molecule has 0 bridgehead atoms. The quantitative estimate of drug-likeness (QED) is 0.450. The summed E-state index contributed by atoms with van der Waals surface area (Å²) in [5.41, 5.74) is 5.17. The maximum atomic E-state index is 12.6. The highest BCUT2D eigenvalue weighted by atomic mass is 19.1. The van der Waals surface area contributed by atoms with Crippen molar-refractivity contribution in [3.05, 3.63) is 83.4 Å². The highest BCUT2D eigenvalue weighted by Gasteiger charge is 2.30. The number of rotatable bonds is 8. The average molecular weight is 476 g/mol. The lowest BCUT2D eigenvalue weighted by atomic mass is 9.86. The molecule has 0 spiro atoms. The number of methoxy groups -OCH3 is 1. The van der Waals surface area contributed by atoms with Gasteiger partial charge < -0.3 is 19.3 Å². The van der Waals surface area contributed by atoms with Crippen LogP contribution in [0.5, 0.6) is 23.0 Å². The van der Waals surface area contributed by atoms with Crippen molar-refractivity contribution >= 4 is 11.1 Å². The molecule has 2 heterocycles. The zero-order valence-electron chi connectivity index (χ0n) is 20.0. The van der Waals surface area contributed by atoms with Gasteiger partial charge in [-0.15, -0.1) is 0 Å². The molecule has 1 unspecified atom stereocenters. The number of halogens is 1. The number of nitrogens with zero attached hydrogens (tertiary/aromatic N) is 1. The predicted octanol–water partition coefficient (Wildman–Crippen LogP) is 5.75. The fourth-order valence-corrected chi connectivity index (χ4v) is 4.81. The van der Waals surface area contributed by atoms with Crippen LogP contribution in [0.2, 0.25) is 0 Å². The first-order chi connectivity index (χ1) is 17.1. The van der Waals surface area contributed by atoms with E-state index in [1.54, 1.807) is 19.2 Å². The van der Waals surface area contributed by atoms with Gasteiger partial charge in [-0.25, -0.2) is 0 Å². The fraction of sp³-hybridized carbons (Fsp3) is 0.310. The second kappa shape index (κ2) is 10.0. The number of ether oxygens (including phenoxy) is 3. The van der Waals surface area contributed by atoms with E-state index in [1.807, 2.05) is 54.6 Å². The zero-order valence-corrected chi connectivity index (χ0v) is 20.0. The van der Waals surface area contributed by atoms with Crippen molar-refractivity contribution in [3.63, 3.8) is 0 Å². The van der Waals surface area contributed by atoms with E-state index in [4.69, 9.17) is 14.2 Å². The molecular formula is C29H30FNO4. The Morgan fingerprint density at radius 1 is 1.00 bits per heavy atom. The van der Waals surface area contributed by atoms with Gasteiger partial charge >= 0.3 is 0 Å². The lowest BCUT2D eigenvalue weighted by Crippen LogP contribution is -2.49. The number of likely N-dealkylation sites (tertiary alicyclic amines) is 1. The molecular weight excluding hydrogens is 445 g/mol. The molecule has 0 aliphatic carbocycles. The van der Waals surface area contributed by atoms with Crippen LogP contribution in [0.25, 0.3) is 11.1 Å². The van der Waals surface area contributed by atoms with Gasteiger partial charge in [-0.05, 0) is 60.0 Å². The monoisotopic (exact) mass is 475 g/mol. The second-order valence-corrected chi connectivity index (χ2v) is 9.14. The third kappa shape index (κ3) is 4.84. The summed E-state index contributed by atoms with van der Waals surface area (Å²) in [6.45, 7) is 4.85. The maximum Gasteiger partial charge on any atom is 0.150 e. The summed E-state index contributed by atoms with van der Waals surface area (Å²) < 4.78 is 30.3. The van der Waals surface area contributed by atoms with Gasteiger partial charge in [0.15, 0.2) is 0 Å². The minimum Gasteiger partial charge on any atom is -0.508 e. The van der Waals surface area contributed by atoms with Gasteiger partial charge in [0.1, 0.15) is 35.7 Å². The molecule has 0 radical (unpaired) electrons. The molecule has 182 valence electrons. The number of aromatic hydroxyl groups is 1. The summed E-state index contributed by atoms with van der Waals surface area (Å²) in [6.07, 6.45) is -0.342. The predicted molar refractivity (Wildman–Crippen MR) is 135 cm³/mol. The molecule has 1 fully saturated rings. The topological polar surface area (TPSA) is 51.2 Å². The number of hydrogen-bond acceptors (Lipinski definition) is 5. The number of phenols is 1. The first-order valence-corrected chi connectivity index (χ1v) is 11.9. The van der Waals surface area contributed by atoms with Crippen molar-refractivity contribution in [1.29, 1.82) is 0 Å². The Morgan fingerprint density at radius 3 is 2.40 bits per heavy atom. The largest absolute Gasteiger partial charge is 0.508 e. The van der Waals surface area contributed by atoms with Crippen molar-refractivity contribution in [2.45, 2.75) is 13.0 Å². The summed E-state index contributed by atoms with van der Waals surface area (Å²) in [4.78, 5) is 2.20. The lowest BCUT2D eigenvalue weighted by molar-refractivity contribution is 0.0668. The standard InChI is InChI=1S/C29H30FNO4/c1-19-26-12-7-23(32)15-27(26)35-29(28(19)21-3-8-24(33-2)9-4-21)22-5-10-25(11-6-22)34-14-13-31-17-20(16-30)18-31/h3-12,15,20,29,32H,13-14,16-18H2,1-2H3. The SMILES string of the molecule is COc1ccc(C2=C(C)c3ccc(O)cc3OC2c2ccc(OCCN3CC(CF)C3)cc2)cc1. The molecule has 2 aliphatic heterocycles. The Kier molecular flexibility index (Phi) is 6.64. The molecule has 0 amide bonds. The minimum absolute atomic E-state index is 0.173. The van der Waals surface area contributed by atoms with E-state index in [1.165, 1.54) is 0 Å². The van der Waals surface area contributed by atoms with Crippen LogP contribution in [0.1, 0.15) is 29.7 Å². The molecule has 0 aromatic heterocycles. The van der Waals surface area contributed by atoms with Gasteiger partial charge in [0.2, 0.25) is 0 Å². The van der Waals surface area contributed by atoms with E-state index in [9.17, 15) is 9.50 Å². The summed E-state index contributed by atoms with van der Waals surface area (Å²) in [7, 11) is 1.66. The highest BCUT2D eigenvalue weighted by Crippen LogP contribution is 2.47. The first kappa shape index (κ1) is 23.2. The Morgan fingerprint density at radius 2 is 1.71 bits per heavy atom. The second-order valence-electron chi connectivity index (χ2n) is 9.14. The summed E-state index contributed by atoms with van der Waals surface area (Å²) in [5, 5.41) is 10.0. The molecule has 5 rings (SSSR count). The molecule has 6 heteroatoms. The molecule has 1 N–H and O–H groups in total. The summed E-state index contributed by atoms with van der Waals surface area (Å²) in [6, 6.07) is 21.2. The normalized spacial score (nSPS) is 18.0. The number of allylic oxidation sites excluding steroid dienone is 1. The van der Waals surface area contributed by atoms with E-state index < -0.39 is 0 Å². The van der Waals surface area contributed by atoms with Crippen LogP contribution in [0.15, 0.2) is 66.7 Å². The Balaban J connectivity index is 1.38. The molecule has 1 atom stereocenters. The molecule has 3 aromatic carbocycles. The van der Waals surface area contributed by atoms with Crippen molar-refractivity contribution < 1.29 is 23.7 Å². The van der Waals surface area contributed by atoms with E-state index in [2.05, 4.69) is 11.8 Å². The zero-order chi connectivity index (χ0) is 24.4. The van der Waals surface area contributed by atoms with Crippen molar-refractivity contribution in [1.82, 2.24) is 4.90 Å². The molecule has 5 nitrogen and oxygen atoms in total. The smallest absolute Gasteiger partial charge is 0.150 e. The van der Waals surface area contributed by atoms with E-state index >= 15 is 0 Å². The number of phenolic OH excluding ortho intramolecular Hbond substituents is 1. The van der Waals surface area contributed by atoms with Crippen LogP contribution >= 0.6 is 0 Å². The molecule has 2 aliphatic rings. The van der Waals surface area contributed by atoms with E-state index in [-0.39, 0.29) is 24.4 Å². The maximum absolute atomic E-state index is 12.6. The van der Waals surface area contributed by atoms with Crippen molar-refractivity contribution in [2.24, 2.45) is 5.92 Å². The van der Waals surface area contributed by atoms with Crippen LogP contribution in [0.4, 0.5) is 4.39 Å². The lowest BCUT2D eigenvalue weighted by Gasteiger charge is -2.37. The Bertz CT molecular complexity index is 1200. The minimum atomic E-state index is -0.342. The first-order valence-electron chi connectivity index (χ1n) is 11.9. The van der Waals surface area contributed by atoms with Crippen LogP contribution < -0.4 is 14.2 Å². The van der Waals surface area contributed by atoms with Crippen molar-refractivity contribution in [2.75, 3.05) is 40.0 Å². The van der Waals surface area contributed by atoms with Gasteiger partial charge in [0.05, 0.1) is 13.8 Å². The van der Waals surface area contributed by atoms with Gasteiger partial charge in [-0.3, -0.25) is 9.29 Å². The molecule has 1 saturated heterocycles. The van der Waals surface area contributed by atoms with Gasteiger partial charge in [-0.1, -0.05) is 24.3 Å². The van der Waals surface area contributed by atoms with Gasteiger partial charge in [0, 0.05) is 42.8 Å². The van der Waals surface area contributed by atoms with Crippen LogP contribution in [-0.2, 0) is 0 Å². The third-order valence-electron chi connectivity index (χ3n) is 6.79. The third-order valence-corrected chi connectivity index (χ3v) is 6.79. The Hall–Kier alpha value is -3.51. The average Bonchev–Trinajstić information content (AvgIpc) is 2.85. The van der Waals surface area contributed by atoms with Crippen LogP contribution in [0.3, 0.4) is 0 Å². The number of benzene rings is 3. The molecule has 0 saturated carbocycles. The summed E-state index contributed by atoms with van der Waals surface area (Å²) in [5.74, 6) is 2.61. The highest BCUT2D eigenvalue weighted by molar-refractivity contribution is 5.95.